The summed E-state index contributed by atoms with van der Waals surface area (Å²) in [5.41, 5.74) is 0.0508. The third-order valence-electron chi connectivity index (χ3n) is 1.98. The number of aryl methyl sites for hydroxylation is 1. The molecule has 0 spiro atoms. The molecule has 2 aromatic rings. The Bertz CT molecular complexity index is 514. The van der Waals surface area contributed by atoms with Gasteiger partial charge >= 0.3 is 11.2 Å². The minimum absolute atomic E-state index is 0.0508. The maximum absolute atomic E-state index is 5.39. The number of rotatable bonds is 4. The van der Waals surface area contributed by atoms with Crippen LogP contribution in [0.15, 0.2) is 6.33 Å². The number of hydrogen-bond acceptors (Lipinski definition) is 7. The van der Waals surface area contributed by atoms with Gasteiger partial charge < -0.3 is 10.1 Å². The molecule has 0 saturated carbocycles. The average Bonchev–Trinajstić information content (AvgIpc) is 2.85. The molecule has 2 rings (SSSR count). The van der Waals surface area contributed by atoms with Crippen LogP contribution in [0.25, 0.3) is 0 Å². The lowest BCUT2D eigenvalue weighted by atomic mass is 10.1. The van der Waals surface area contributed by atoms with Gasteiger partial charge in [0.15, 0.2) is 0 Å². The van der Waals surface area contributed by atoms with Crippen molar-refractivity contribution < 1.29 is 4.74 Å². The van der Waals surface area contributed by atoms with Gasteiger partial charge in [0.25, 0.3) is 0 Å². The molecule has 0 amide bonds. The zero-order valence-electron chi connectivity index (χ0n) is 10.8. The summed E-state index contributed by atoms with van der Waals surface area (Å²) in [5, 5.41) is 16.6. The Kier molecular flexibility index (Phi) is 3.58. The van der Waals surface area contributed by atoms with Crippen LogP contribution in [0, 0.1) is 0 Å². The van der Waals surface area contributed by atoms with E-state index in [-0.39, 0.29) is 11.5 Å². The smallest absolute Gasteiger partial charge is 0.342 e. The van der Waals surface area contributed by atoms with Gasteiger partial charge in [0.1, 0.15) is 11.3 Å². The molecule has 1 N–H and O–H groups in total. The minimum Gasteiger partial charge on any atom is -0.393 e. The Hall–Kier alpha value is -1.54. The second kappa shape index (κ2) is 4.99. The number of ether oxygens (including phenoxy) is 1. The van der Waals surface area contributed by atoms with Crippen molar-refractivity contribution in [2.75, 3.05) is 0 Å². The monoisotopic (exact) mass is 268 g/mol. The number of aromatic nitrogens is 5. The van der Waals surface area contributed by atoms with Gasteiger partial charge in [-0.25, -0.2) is 0 Å². The molecule has 7 nitrogen and oxygen atoms in total. The van der Waals surface area contributed by atoms with Gasteiger partial charge in [-0.15, -0.1) is 10.2 Å². The van der Waals surface area contributed by atoms with Gasteiger partial charge in [-0.05, 0) is 20.8 Å². The molecule has 98 valence electrons. The summed E-state index contributed by atoms with van der Waals surface area (Å²) in [6, 6.07) is 0.281. The van der Waals surface area contributed by atoms with E-state index in [2.05, 4.69) is 46.4 Å². The summed E-state index contributed by atoms with van der Waals surface area (Å²) >= 11 is 1.38. The van der Waals surface area contributed by atoms with Crippen LogP contribution in [-0.4, -0.2) is 30.5 Å². The predicted molar refractivity (Wildman–Crippen MR) is 67.6 cm³/mol. The lowest BCUT2D eigenvalue weighted by molar-refractivity contribution is 0.421. The Balaban J connectivity index is 1.94. The van der Waals surface area contributed by atoms with Gasteiger partial charge in [-0.1, -0.05) is 16.4 Å². The Morgan fingerprint density at radius 2 is 2.17 bits per heavy atom. The summed E-state index contributed by atoms with van der Waals surface area (Å²) in [5.74, 6) is 0. The Labute approximate surface area is 109 Å². The normalized spacial score (nSPS) is 11.8. The Morgan fingerprint density at radius 3 is 2.78 bits per heavy atom. The number of nitrogens with one attached hydrogen (secondary N) is 1. The molecule has 0 unspecified atom stereocenters. The lowest BCUT2D eigenvalue weighted by Crippen LogP contribution is -2.35. The molecule has 0 radical (unpaired) electrons. The lowest BCUT2D eigenvalue weighted by Gasteiger charge is -2.19. The first-order valence-corrected chi connectivity index (χ1v) is 6.35. The fraction of sp³-hybridized carbons (Fsp3) is 0.600. The standard InChI is InChI=1S/C10H16N6OS/c1-10(2,3)12-5-7-13-14-9(18-7)17-8-11-6-16(4)15-8/h6,12H,5H2,1-4H3. The molecule has 8 heteroatoms. The van der Waals surface area contributed by atoms with Crippen LogP contribution in [0.5, 0.6) is 11.2 Å². The van der Waals surface area contributed by atoms with Gasteiger partial charge in [-0.3, -0.25) is 4.68 Å². The van der Waals surface area contributed by atoms with Gasteiger partial charge in [0, 0.05) is 12.6 Å². The Morgan fingerprint density at radius 1 is 1.39 bits per heavy atom. The molecule has 18 heavy (non-hydrogen) atoms. The molecule has 2 aromatic heterocycles. The van der Waals surface area contributed by atoms with Crippen molar-refractivity contribution in [2.45, 2.75) is 32.9 Å². The molecule has 0 saturated heterocycles. The molecule has 0 aliphatic carbocycles. The molecule has 0 aliphatic heterocycles. The SMILES string of the molecule is Cn1cnc(Oc2nnc(CNC(C)(C)C)s2)n1. The second-order valence-electron chi connectivity index (χ2n) is 4.87. The van der Waals surface area contributed by atoms with Crippen LogP contribution in [0.4, 0.5) is 0 Å². The van der Waals surface area contributed by atoms with Crippen molar-refractivity contribution in [3.8, 4) is 11.2 Å². The topological polar surface area (TPSA) is 77.8 Å². The summed E-state index contributed by atoms with van der Waals surface area (Å²) in [4.78, 5) is 3.96. The van der Waals surface area contributed by atoms with Crippen molar-refractivity contribution in [3.05, 3.63) is 11.3 Å². The zero-order valence-corrected chi connectivity index (χ0v) is 11.7. The maximum Gasteiger partial charge on any atom is 0.342 e. The highest BCUT2D eigenvalue weighted by Crippen LogP contribution is 2.22. The van der Waals surface area contributed by atoms with Crippen LogP contribution in [0.2, 0.25) is 0 Å². The van der Waals surface area contributed by atoms with Gasteiger partial charge in [0.05, 0.1) is 6.54 Å². The average molecular weight is 268 g/mol. The van der Waals surface area contributed by atoms with Crippen LogP contribution >= 0.6 is 11.3 Å². The third kappa shape index (κ3) is 3.74. The summed E-state index contributed by atoms with van der Waals surface area (Å²) < 4.78 is 6.95. The largest absolute Gasteiger partial charge is 0.393 e. The van der Waals surface area contributed by atoms with Crippen LogP contribution < -0.4 is 10.1 Å². The van der Waals surface area contributed by atoms with Crippen molar-refractivity contribution >= 4 is 11.3 Å². The molecule has 0 aliphatic rings. The highest BCUT2D eigenvalue weighted by atomic mass is 32.1. The molecule has 0 atom stereocenters. The fourth-order valence-electron chi connectivity index (χ4n) is 1.14. The van der Waals surface area contributed by atoms with Crippen molar-refractivity contribution in [2.24, 2.45) is 7.05 Å². The first kappa shape index (κ1) is 12.9. The van der Waals surface area contributed by atoms with E-state index in [0.717, 1.165) is 5.01 Å². The molecule has 0 aromatic carbocycles. The van der Waals surface area contributed by atoms with Gasteiger partial charge in [0.2, 0.25) is 0 Å². The highest BCUT2D eigenvalue weighted by Gasteiger charge is 2.12. The van der Waals surface area contributed by atoms with E-state index in [1.807, 2.05) is 0 Å². The van der Waals surface area contributed by atoms with E-state index in [1.54, 1.807) is 18.1 Å². The van der Waals surface area contributed by atoms with Crippen LogP contribution in [-0.2, 0) is 13.6 Å². The number of hydrogen-bond donors (Lipinski definition) is 1. The third-order valence-corrected chi connectivity index (χ3v) is 2.78. The minimum atomic E-state index is 0.0508. The van der Waals surface area contributed by atoms with Crippen LogP contribution in [0.3, 0.4) is 0 Å². The molecule has 0 bridgehead atoms. The van der Waals surface area contributed by atoms with Crippen molar-refractivity contribution in [1.82, 2.24) is 30.3 Å². The summed E-state index contributed by atoms with van der Waals surface area (Å²) in [6.45, 7) is 6.97. The van der Waals surface area contributed by atoms with E-state index >= 15 is 0 Å². The first-order chi connectivity index (χ1) is 8.42. The van der Waals surface area contributed by atoms with E-state index in [4.69, 9.17) is 4.74 Å². The molecular formula is C10H16N6OS. The molecule has 0 fully saturated rings. The van der Waals surface area contributed by atoms with Crippen molar-refractivity contribution in [1.29, 1.82) is 0 Å². The predicted octanol–water partition coefficient (Wildman–Crippen LogP) is 1.35. The number of nitrogens with zero attached hydrogens (tertiary/aromatic N) is 5. The van der Waals surface area contributed by atoms with E-state index in [0.29, 0.717) is 11.7 Å². The zero-order chi connectivity index (χ0) is 13.2. The maximum atomic E-state index is 5.39. The first-order valence-electron chi connectivity index (χ1n) is 5.53. The van der Waals surface area contributed by atoms with Crippen LogP contribution in [0.1, 0.15) is 25.8 Å². The molecular weight excluding hydrogens is 252 g/mol. The van der Waals surface area contributed by atoms with Gasteiger partial charge in [-0.2, -0.15) is 4.98 Å². The second-order valence-corrected chi connectivity index (χ2v) is 5.89. The van der Waals surface area contributed by atoms with Crippen molar-refractivity contribution in [3.63, 3.8) is 0 Å². The molecule has 2 heterocycles. The van der Waals surface area contributed by atoms with E-state index in [1.165, 1.54) is 11.3 Å². The van der Waals surface area contributed by atoms with E-state index in [9.17, 15) is 0 Å². The quantitative estimate of drug-likeness (QED) is 0.901. The fourth-order valence-corrected chi connectivity index (χ4v) is 1.76. The summed E-state index contributed by atoms with van der Waals surface area (Å²) in [6.07, 6.45) is 1.57. The summed E-state index contributed by atoms with van der Waals surface area (Å²) in [7, 11) is 1.78. The highest BCUT2D eigenvalue weighted by molar-refractivity contribution is 7.13. The van der Waals surface area contributed by atoms with E-state index < -0.39 is 0 Å².